The zero-order chi connectivity index (χ0) is 23.7. The summed E-state index contributed by atoms with van der Waals surface area (Å²) >= 11 is 0. The number of nitro groups is 1. The molecule has 2 aromatic carbocycles. The Hall–Kier alpha value is -3.76. The molecule has 0 bridgehead atoms. The molecule has 11 heteroatoms. The van der Waals surface area contributed by atoms with Crippen LogP contribution in [0.5, 0.6) is 0 Å². The van der Waals surface area contributed by atoms with Gasteiger partial charge < -0.3 is 5.32 Å². The molecule has 0 saturated carbocycles. The van der Waals surface area contributed by atoms with Gasteiger partial charge in [0.15, 0.2) is 5.69 Å². The summed E-state index contributed by atoms with van der Waals surface area (Å²) in [5.74, 6) is -0.556. The van der Waals surface area contributed by atoms with Crippen molar-refractivity contribution in [3.63, 3.8) is 0 Å². The lowest BCUT2D eigenvalue weighted by atomic mass is 9.83. The highest BCUT2D eigenvalue weighted by Gasteiger charge is 2.32. The number of carbonyl (C=O) groups is 1. The maximum atomic E-state index is 13.0. The van der Waals surface area contributed by atoms with Gasteiger partial charge in [-0.2, -0.15) is 13.2 Å². The van der Waals surface area contributed by atoms with Crippen molar-refractivity contribution in [2.24, 2.45) is 0 Å². The minimum Gasteiger partial charge on any atom is -0.350 e. The van der Waals surface area contributed by atoms with Crippen LogP contribution in [0.25, 0.3) is 5.69 Å². The minimum atomic E-state index is -4.46. The van der Waals surface area contributed by atoms with Crippen molar-refractivity contribution in [3.05, 3.63) is 81.2 Å². The van der Waals surface area contributed by atoms with Crippen LogP contribution in [-0.2, 0) is 11.6 Å². The molecule has 0 aliphatic carbocycles. The highest BCUT2D eigenvalue weighted by atomic mass is 19.4. The summed E-state index contributed by atoms with van der Waals surface area (Å²) in [6.07, 6.45) is -4.46. The zero-order valence-electron chi connectivity index (χ0n) is 17.5. The Bertz CT molecular complexity index is 1170. The molecule has 168 valence electrons. The molecule has 0 radical (unpaired) electrons. The van der Waals surface area contributed by atoms with Crippen molar-refractivity contribution >= 4 is 11.6 Å². The lowest BCUT2D eigenvalue weighted by Crippen LogP contribution is -2.37. The molecule has 1 N–H and O–H groups in total. The average molecular weight is 447 g/mol. The van der Waals surface area contributed by atoms with Crippen LogP contribution >= 0.6 is 0 Å². The van der Waals surface area contributed by atoms with Crippen LogP contribution in [0.1, 0.15) is 41.2 Å². The summed E-state index contributed by atoms with van der Waals surface area (Å²) in [5, 5.41) is 21.5. The van der Waals surface area contributed by atoms with E-state index >= 15 is 0 Å². The predicted molar refractivity (Wildman–Crippen MR) is 110 cm³/mol. The van der Waals surface area contributed by atoms with Crippen molar-refractivity contribution in [2.75, 3.05) is 6.54 Å². The molecule has 0 unspecified atom stereocenters. The first-order chi connectivity index (χ1) is 14.9. The number of non-ortho nitro benzene ring substituents is 1. The Morgan fingerprint density at radius 3 is 2.44 bits per heavy atom. The molecule has 0 fully saturated rings. The van der Waals surface area contributed by atoms with Gasteiger partial charge in [0.05, 0.1) is 21.9 Å². The van der Waals surface area contributed by atoms with E-state index in [4.69, 9.17) is 0 Å². The zero-order valence-corrected chi connectivity index (χ0v) is 17.5. The monoisotopic (exact) mass is 447 g/mol. The Kier molecular flexibility index (Phi) is 6.02. The molecular weight excluding hydrogens is 427 g/mol. The summed E-state index contributed by atoms with van der Waals surface area (Å²) in [4.78, 5) is 23.1. The van der Waals surface area contributed by atoms with E-state index in [9.17, 15) is 28.1 Å². The standard InChI is InChI=1S/C21H20F3N5O3/c1-13-18(26-27-28(13)16-8-5-9-17(11-16)29(31)32)19(30)25-12-20(2,3)14-6-4-7-15(10-14)21(22,23)24/h4-11H,12H2,1-3H3,(H,25,30). The number of nitrogens with zero attached hydrogens (tertiary/aromatic N) is 4. The van der Waals surface area contributed by atoms with E-state index in [-0.39, 0.29) is 17.9 Å². The maximum Gasteiger partial charge on any atom is 0.416 e. The molecule has 0 aliphatic rings. The summed E-state index contributed by atoms with van der Waals surface area (Å²) in [6, 6.07) is 10.7. The number of alkyl halides is 3. The van der Waals surface area contributed by atoms with E-state index in [2.05, 4.69) is 15.6 Å². The normalized spacial score (nSPS) is 11.9. The van der Waals surface area contributed by atoms with Gasteiger partial charge in [-0.15, -0.1) is 5.10 Å². The van der Waals surface area contributed by atoms with Gasteiger partial charge in [-0.3, -0.25) is 14.9 Å². The molecule has 32 heavy (non-hydrogen) atoms. The number of nitro benzene ring substituents is 1. The Morgan fingerprint density at radius 2 is 1.78 bits per heavy atom. The van der Waals surface area contributed by atoms with Crippen molar-refractivity contribution in [1.82, 2.24) is 20.3 Å². The first-order valence-corrected chi connectivity index (χ1v) is 9.53. The van der Waals surface area contributed by atoms with Gasteiger partial charge >= 0.3 is 6.18 Å². The van der Waals surface area contributed by atoms with Gasteiger partial charge in [-0.1, -0.05) is 43.3 Å². The maximum absolute atomic E-state index is 13.0. The highest BCUT2D eigenvalue weighted by Crippen LogP contribution is 2.32. The summed E-state index contributed by atoms with van der Waals surface area (Å²) in [6.45, 7) is 5.08. The quantitative estimate of drug-likeness (QED) is 0.450. The van der Waals surface area contributed by atoms with Crippen molar-refractivity contribution < 1.29 is 22.9 Å². The third-order valence-electron chi connectivity index (χ3n) is 5.06. The van der Waals surface area contributed by atoms with Crippen LogP contribution in [0, 0.1) is 17.0 Å². The van der Waals surface area contributed by atoms with Gasteiger partial charge in [-0.05, 0) is 24.6 Å². The van der Waals surface area contributed by atoms with Gasteiger partial charge in [0.1, 0.15) is 0 Å². The second-order valence-corrected chi connectivity index (χ2v) is 7.86. The summed E-state index contributed by atoms with van der Waals surface area (Å²) in [5.41, 5.74) is -0.523. The van der Waals surface area contributed by atoms with E-state index in [1.165, 1.54) is 28.9 Å². The average Bonchev–Trinajstić information content (AvgIpc) is 3.13. The topological polar surface area (TPSA) is 103 Å². The number of benzene rings is 2. The molecule has 0 saturated heterocycles. The molecular formula is C21H20F3N5O3. The van der Waals surface area contributed by atoms with Crippen molar-refractivity contribution in [1.29, 1.82) is 0 Å². The van der Waals surface area contributed by atoms with E-state index < -0.39 is 28.0 Å². The van der Waals surface area contributed by atoms with Crippen molar-refractivity contribution in [3.8, 4) is 5.69 Å². The van der Waals surface area contributed by atoms with Gasteiger partial charge in [0, 0.05) is 24.1 Å². The van der Waals surface area contributed by atoms with Crippen LogP contribution in [0.4, 0.5) is 18.9 Å². The third-order valence-corrected chi connectivity index (χ3v) is 5.06. The predicted octanol–water partition coefficient (Wildman–Crippen LogP) is 4.21. The van der Waals surface area contributed by atoms with Crippen LogP contribution in [0.2, 0.25) is 0 Å². The number of carbonyl (C=O) groups excluding carboxylic acids is 1. The number of hydrogen-bond donors (Lipinski definition) is 1. The fourth-order valence-corrected chi connectivity index (χ4v) is 3.13. The molecule has 3 aromatic rings. The number of halogens is 3. The highest BCUT2D eigenvalue weighted by molar-refractivity contribution is 5.93. The van der Waals surface area contributed by atoms with E-state index in [0.29, 0.717) is 16.9 Å². The molecule has 3 rings (SSSR count). The van der Waals surface area contributed by atoms with Crippen LogP contribution in [0.3, 0.4) is 0 Å². The van der Waals surface area contributed by atoms with E-state index in [0.717, 1.165) is 12.1 Å². The van der Waals surface area contributed by atoms with Crippen molar-refractivity contribution in [2.45, 2.75) is 32.4 Å². The third kappa shape index (κ3) is 4.76. The summed E-state index contributed by atoms with van der Waals surface area (Å²) in [7, 11) is 0. The van der Waals surface area contributed by atoms with Crippen LogP contribution in [-0.4, -0.2) is 32.4 Å². The Labute approximate surface area is 181 Å². The molecule has 8 nitrogen and oxygen atoms in total. The smallest absolute Gasteiger partial charge is 0.350 e. The Balaban J connectivity index is 1.77. The van der Waals surface area contributed by atoms with Crippen LogP contribution in [0.15, 0.2) is 48.5 Å². The Morgan fingerprint density at radius 1 is 1.12 bits per heavy atom. The lowest BCUT2D eigenvalue weighted by Gasteiger charge is -2.26. The minimum absolute atomic E-state index is 0.0105. The fraction of sp³-hybridized carbons (Fsp3) is 0.286. The number of nitrogens with one attached hydrogen (secondary N) is 1. The second-order valence-electron chi connectivity index (χ2n) is 7.86. The first-order valence-electron chi connectivity index (χ1n) is 9.53. The first kappa shape index (κ1) is 22.9. The second kappa shape index (κ2) is 8.40. The molecule has 1 amide bonds. The van der Waals surface area contributed by atoms with E-state index in [1.54, 1.807) is 32.9 Å². The van der Waals surface area contributed by atoms with Gasteiger partial charge in [0.2, 0.25) is 0 Å². The summed E-state index contributed by atoms with van der Waals surface area (Å²) < 4.78 is 40.4. The van der Waals surface area contributed by atoms with E-state index in [1.807, 2.05) is 0 Å². The molecule has 1 heterocycles. The van der Waals surface area contributed by atoms with Crippen LogP contribution < -0.4 is 5.32 Å². The number of amides is 1. The molecule has 0 atom stereocenters. The molecule has 1 aromatic heterocycles. The number of aromatic nitrogens is 3. The largest absolute Gasteiger partial charge is 0.416 e. The number of rotatable bonds is 6. The molecule has 0 spiro atoms. The van der Waals surface area contributed by atoms with Gasteiger partial charge in [-0.25, -0.2) is 4.68 Å². The number of hydrogen-bond acceptors (Lipinski definition) is 5. The molecule has 0 aliphatic heterocycles. The van der Waals surface area contributed by atoms with Gasteiger partial charge in [0.25, 0.3) is 11.6 Å². The lowest BCUT2D eigenvalue weighted by molar-refractivity contribution is -0.384. The fourth-order valence-electron chi connectivity index (χ4n) is 3.13. The SMILES string of the molecule is Cc1c(C(=O)NCC(C)(C)c2cccc(C(F)(F)F)c2)nnn1-c1cccc([N+](=O)[O-])c1.